The van der Waals surface area contributed by atoms with Gasteiger partial charge in [-0.05, 0) is 58.6 Å². The molecule has 1 fully saturated rings. The molecule has 0 aliphatic heterocycles. The van der Waals surface area contributed by atoms with Crippen LogP contribution in [0.2, 0.25) is 0 Å². The maximum atomic E-state index is 14.3. The Kier molecular flexibility index (Phi) is 7.84. The second-order valence-corrected chi connectivity index (χ2v) is 8.22. The summed E-state index contributed by atoms with van der Waals surface area (Å²) >= 11 is 0. The number of ether oxygens (including phenoxy) is 1. The molecule has 0 unspecified atom stereocenters. The summed E-state index contributed by atoms with van der Waals surface area (Å²) in [6, 6.07) is 3.59. The van der Waals surface area contributed by atoms with E-state index in [1.54, 1.807) is 0 Å². The highest BCUT2D eigenvalue weighted by molar-refractivity contribution is 5.84. The molecular formula is C23H32F2N6O. The number of halogens is 2. The molecule has 1 aliphatic rings. The number of anilines is 3. The molecule has 0 saturated heterocycles. The summed E-state index contributed by atoms with van der Waals surface area (Å²) in [6.45, 7) is 10.7. The molecule has 9 heteroatoms. The quantitative estimate of drug-likeness (QED) is 0.372. The van der Waals surface area contributed by atoms with E-state index < -0.39 is 11.6 Å². The maximum absolute atomic E-state index is 14.3. The molecular weight excluding hydrogens is 414 g/mol. The Labute approximate surface area is 187 Å². The first-order valence-corrected chi connectivity index (χ1v) is 11.0. The van der Waals surface area contributed by atoms with Gasteiger partial charge in [0, 0.05) is 31.0 Å². The van der Waals surface area contributed by atoms with Gasteiger partial charge in [-0.2, -0.15) is 0 Å². The molecule has 7 nitrogen and oxygen atoms in total. The van der Waals surface area contributed by atoms with Crippen molar-refractivity contribution in [2.45, 2.75) is 64.6 Å². The average Bonchev–Trinajstić information content (AvgIpc) is 3.07. The van der Waals surface area contributed by atoms with Crippen molar-refractivity contribution in [3.05, 3.63) is 47.9 Å². The highest BCUT2D eigenvalue weighted by atomic mass is 19.1. The number of nitrogens with one attached hydrogen (secondary N) is 4. The number of aromatic nitrogens is 2. The lowest BCUT2D eigenvalue weighted by molar-refractivity contribution is 0.0275. The number of hydrogen-bond donors (Lipinski definition) is 4. The maximum Gasteiger partial charge on any atom is 0.209 e. The first-order chi connectivity index (χ1) is 15.3. The van der Waals surface area contributed by atoms with E-state index in [4.69, 9.17) is 10.1 Å². The van der Waals surface area contributed by atoms with Crippen LogP contribution >= 0.6 is 0 Å². The largest absolute Gasteiger partial charge is 0.379 e. The fraction of sp³-hybridized carbons (Fsp3) is 0.478. The lowest BCUT2D eigenvalue weighted by Crippen LogP contribution is -2.28. The number of nitrogens with zero attached hydrogens (tertiary/aromatic N) is 2. The van der Waals surface area contributed by atoms with Crippen LogP contribution < -0.4 is 16.0 Å². The van der Waals surface area contributed by atoms with Crippen LogP contribution in [0.25, 0.3) is 0 Å². The molecule has 2 aromatic rings. The molecule has 1 heterocycles. The normalized spacial score (nSPS) is 18.4. The third-order valence-electron chi connectivity index (χ3n) is 5.40. The zero-order valence-corrected chi connectivity index (χ0v) is 18.8. The van der Waals surface area contributed by atoms with Gasteiger partial charge >= 0.3 is 0 Å². The van der Waals surface area contributed by atoms with Gasteiger partial charge in [0.2, 0.25) is 5.95 Å². The van der Waals surface area contributed by atoms with Crippen molar-refractivity contribution in [1.29, 1.82) is 5.41 Å². The number of hydrogen-bond acceptors (Lipinski definition) is 6. The summed E-state index contributed by atoms with van der Waals surface area (Å²) in [4.78, 5) is 4.54. The fourth-order valence-corrected chi connectivity index (χ4v) is 4.06. The van der Waals surface area contributed by atoms with Crippen molar-refractivity contribution in [2.75, 3.05) is 17.2 Å². The minimum Gasteiger partial charge on any atom is -0.379 e. The van der Waals surface area contributed by atoms with Crippen LogP contribution in [-0.4, -0.2) is 34.5 Å². The van der Waals surface area contributed by atoms with E-state index in [1.807, 2.05) is 25.3 Å². The molecule has 0 amide bonds. The van der Waals surface area contributed by atoms with E-state index >= 15 is 0 Å². The van der Waals surface area contributed by atoms with Gasteiger partial charge in [-0.15, -0.1) is 0 Å². The summed E-state index contributed by atoms with van der Waals surface area (Å²) < 4.78 is 35.5. The molecule has 174 valence electrons. The van der Waals surface area contributed by atoms with Crippen LogP contribution in [0.4, 0.5) is 26.2 Å². The molecule has 0 spiro atoms. The van der Waals surface area contributed by atoms with Crippen LogP contribution in [0, 0.1) is 17.0 Å². The molecule has 1 saturated carbocycles. The minimum absolute atomic E-state index is 0.0632. The van der Waals surface area contributed by atoms with Crippen molar-refractivity contribution in [2.24, 2.45) is 0 Å². The first kappa shape index (κ1) is 23.7. The fourth-order valence-electron chi connectivity index (χ4n) is 4.06. The molecule has 1 aromatic heterocycles. The number of rotatable bonds is 10. The van der Waals surface area contributed by atoms with Gasteiger partial charge in [0.05, 0.1) is 17.6 Å². The van der Waals surface area contributed by atoms with Crippen LogP contribution in [0.5, 0.6) is 0 Å². The summed E-state index contributed by atoms with van der Waals surface area (Å²) in [6.07, 6.45) is 4.86. The van der Waals surface area contributed by atoms with Gasteiger partial charge in [-0.25, -0.2) is 13.8 Å². The Morgan fingerprint density at radius 1 is 1.31 bits per heavy atom. The molecule has 3 rings (SSSR count). The molecule has 1 aromatic carbocycles. The lowest BCUT2D eigenvalue weighted by atomic mass is 9.92. The third-order valence-corrected chi connectivity index (χ3v) is 5.40. The molecule has 0 bridgehead atoms. The summed E-state index contributed by atoms with van der Waals surface area (Å²) in [5, 5.41) is 17.3. The number of benzene rings is 1. The second-order valence-electron chi connectivity index (χ2n) is 8.22. The molecule has 4 N–H and O–H groups in total. The zero-order chi connectivity index (χ0) is 23.3. The Morgan fingerprint density at radius 2 is 2.03 bits per heavy atom. The monoisotopic (exact) mass is 446 g/mol. The van der Waals surface area contributed by atoms with E-state index in [9.17, 15) is 8.78 Å². The topological polar surface area (TPSA) is 87.0 Å². The van der Waals surface area contributed by atoms with E-state index in [0.29, 0.717) is 29.9 Å². The van der Waals surface area contributed by atoms with Crippen LogP contribution in [-0.2, 0) is 4.74 Å². The minimum atomic E-state index is -0.712. The smallest absolute Gasteiger partial charge is 0.209 e. The van der Waals surface area contributed by atoms with Gasteiger partial charge in [0.25, 0.3) is 0 Å². The predicted molar refractivity (Wildman–Crippen MR) is 124 cm³/mol. The molecule has 32 heavy (non-hydrogen) atoms. The van der Waals surface area contributed by atoms with E-state index in [2.05, 4.69) is 27.5 Å². The number of imidazole rings is 1. The first-order valence-electron chi connectivity index (χ1n) is 11.0. The highest BCUT2D eigenvalue weighted by Gasteiger charge is 2.28. The SMILES string of the molecule is C=C(Nc1c(C=N)nc(Nc2ccc(F)cc2F)n1C1CCC(OCC)CC1)NC(C)C. The lowest BCUT2D eigenvalue weighted by Gasteiger charge is -2.31. The van der Waals surface area contributed by atoms with Crippen molar-refractivity contribution in [1.82, 2.24) is 14.9 Å². The highest BCUT2D eigenvalue weighted by Crippen LogP contribution is 2.37. The summed E-state index contributed by atoms with van der Waals surface area (Å²) in [5.41, 5.74) is 0.511. The van der Waals surface area contributed by atoms with Crippen molar-refractivity contribution in [3.63, 3.8) is 0 Å². The van der Waals surface area contributed by atoms with E-state index in [-0.39, 0.29) is 23.9 Å². The predicted octanol–water partition coefficient (Wildman–Crippen LogP) is 5.30. The van der Waals surface area contributed by atoms with Crippen molar-refractivity contribution >= 4 is 23.7 Å². The summed E-state index contributed by atoms with van der Waals surface area (Å²) in [5.74, 6) is 0.198. The van der Waals surface area contributed by atoms with Crippen molar-refractivity contribution < 1.29 is 13.5 Å². The molecule has 0 atom stereocenters. The van der Waals surface area contributed by atoms with Crippen LogP contribution in [0.1, 0.15) is 58.2 Å². The Bertz CT molecular complexity index is 950. The standard InChI is InChI=1S/C23H32F2N6O/c1-5-32-18-9-7-17(8-10-18)31-22(28-15(4)27-14(2)3)21(13-26)30-23(31)29-20-11-6-16(24)12-19(20)25/h6,11-14,17-18,26-28H,4-5,7-10H2,1-3H3,(H,29,30). The Balaban J connectivity index is 1.97. The average molecular weight is 447 g/mol. The van der Waals surface area contributed by atoms with Crippen LogP contribution in [0.3, 0.4) is 0 Å². The molecule has 0 radical (unpaired) electrons. The van der Waals surface area contributed by atoms with Crippen molar-refractivity contribution in [3.8, 4) is 0 Å². The van der Waals surface area contributed by atoms with Gasteiger partial charge in [-0.1, -0.05) is 6.58 Å². The van der Waals surface area contributed by atoms with E-state index in [0.717, 1.165) is 38.0 Å². The van der Waals surface area contributed by atoms with E-state index in [1.165, 1.54) is 12.1 Å². The molecule has 1 aliphatic carbocycles. The Morgan fingerprint density at radius 3 is 2.62 bits per heavy atom. The van der Waals surface area contributed by atoms with Gasteiger partial charge < -0.3 is 26.1 Å². The third kappa shape index (κ3) is 5.64. The Hall–Kier alpha value is -2.94. The van der Waals surface area contributed by atoms with Crippen LogP contribution in [0.15, 0.2) is 30.6 Å². The zero-order valence-electron chi connectivity index (χ0n) is 18.8. The summed E-state index contributed by atoms with van der Waals surface area (Å²) in [7, 11) is 0. The van der Waals surface area contributed by atoms with Gasteiger partial charge in [0.15, 0.2) is 0 Å². The van der Waals surface area contributed by atoms with Gasteiger partial charge in [0.1, 0.15) is 23.1 Å². The second kappa shape index (κ2) is 10.6. The van der Waals surface area contributed by atoms with Gasteiger partial charge in [-0.3, -0.25) is 4.57 Å².